The third-order valence-electron chi connectivity index (χ3n) is 5.05. The third kappa shape index (κ3) is 5.59. The Balaban J connectivity index is 2.02. The van der Waals surface area contributed by atoms with E-state index in [-0.39, 0.29) is 18.2 Å². The van der Waals surface area contributed by atoms with E-state index in [4.69, 9.17) is 39.4 Å². The monoisotopic (exact) mass is 466 g/mol. The van der Waals surface area contributed by atoms with Gasteiger partial charge in [-0.2, -0.15) is 13.2 Å². The van der Waals surface area contributed by atoms with E-state index in [1.807, 2.05) is 6.07 Å². The van der Waals surface area contributed by atoms with Crippen molar-refractivity contribution in [2.24, 2.45) is 16.5 Å². The highest BCUT2D eigenvalue weighted by atomic mass is 35.5. The number of hydrogen-bond donors (Lipinski definition) is 2. The summed E-state index contributed by atoms with van der Waals surface area (Å²) in [6.45, 7) is 1.69. The zero-order valence-corrected chi connectivity index (χ0v) is 18.0. The van der Waals surface area contributed by atoms with Crippen LogP contribution in [0.15, 0.2) is 33.9 Å². The number of benzene rings is 1. The Labute approximate surface area is 182 Å². The predicted molar refractivity (Wildman–Crippen MR) is 111 cm³/mol. The van der Waals surface area contributed by atoms with Gasteiger partial charge in [0.2, 0.25) is 5.91 Å². The fourth-order valence-corrected chi connectivity index (χ4v) is 3.45. The van der Waals surface area contributed by atoms with Crippen molar-refractivity contribution in [3.63, 3.8) is 0 Å². The Kier molecular flexibility index (Phi) is 7.65. The summed E-state index contributed by atoms with van der Waals surface area (Å²) in [6, 6.07) is 5.32. The number of nitrogens with two attached hydrogens (primary N) is 2. The maximum absolute atomic E-state index is 12.6. The minimum atomic E-state index is -4.76. The summed E-state index contributed by atoms with van der Waals surface area (Å²) in [5.74, 6) is 0.186. The van der Waals surface area contributed by atoms with Gasteiger partial charge in [0.15, 0.2) is 0 Å². The molecule has 6 nitrogen and oxygen atoms in total. The minimum absolute atomic E-state index is 0.154. The normalized spacial score (nSPS) is 18.1. The molecular formula is C19H23Cl2F3N4O2. The van der Waals surface area contributed by atoms with Crippen LogP contribution in [0.25, 0.3) is 0 Å². The molecule has 4 N–H and O–H groups in total. The Morgan fingerprint density at radius 2 is 1.93 bits per heavy atom. The minimum Gasteiger partial charge on any atom is -0.495 e. The Bertz CT molecular complexity index is 864. The van der Waals surface area contributed by atoms with Crippen LogP contribution in [0.2, 0.25) is 5.02 Å². The first kappa shape index (κ1) is 24.3. The molecule has 0 spiro atoms. The van der Waals surface area contributed by atoms with Gasteiger partial charge in [0.05, 0.1) is 22.9 Å². The van der Waals surface area contributed by atoms with Crippen LogP contribution in [0.5, 0.6) is 5.75 Å². The molecule has 1 heterocycles. The van der Waals surface area contributed by atoms with Crippen LogP contribution in [0.1, 0.15) is 25.3 Å². The first-order valence-electron chi connectivity index (χ1n) is 9.03. The number of aliphatic imine (C=N–C) groups is 1. The zero-order chi connectivity index (χ0) is 22.7. The lowest BCUT2D eigenvalue weighted by Crippen LogP contribution is -2.50. The molecule has 1 aromatic rings. The standard InChI is InChI=1S/C19H23Cl2F3N4O2/c1-11(16(21)17(25)19(22,23)24)27-10-15(29)28-7-5-18(26,6-8-28)12-3-4-13(20)14(9-12)30-2/h3-4,9H,5-8,10,25-26H2,1-2H3. The van der Waals surface area contributed by atoms with Crippen molar-refractivity contribution in [3.8, 4) is 5.75 Å². The molecular weight excluding hydrogens is 444 g/mol. The Morgan fingerprint density at radius 3 is 2.47 bits per heavy atom. The van der Waals surface area contributed by atoms with E-state index in [2.05, 4.69) is 4.99 Å². The number of allylic oxidation sites excluding steroid dienone is 2. The average Bonchev–Trinajstić information content (AvgIpc) is 2.70. The summed E-state index contributed by atoms with van der Waals surface area (Å²) in [4.78, 5) is 17.8. The number of rotatable bonds is 5. The van der Waals surface area contributed by atoms with Gasteiger partial charge in [-0.05, 0) is 37.5 Å². The summed E-state index contributed by atoms with van der Waals surface area (Å²) in [7, 11) is 1.52. The van der Waals surface area contributed by atoms with Gasteiger partial charge in [-0.3, -0.25) is 9.79 Å². The van der Waals surface area contributed by atoms with Crippen molar-refractivity contribution < 1.29 is 22.7 Å². The molecule has 1 aromatic carbocycles. The van der Waals surface area contributed by atoms with E-state index >= 15 is 0 Å². The maximum atomic E-state index is 12.6. The molecule has 1 amide bonds. The van der Waals surface area contributed by atoms with Crippen molar-refractivity contribution in [2.45, 2.75) is 31.5 Å². The lowest BCUT2D eigenvalue weighted by atomic mass is 9.82. The SMILES string of the molecule is COc1cc(C2(N)CCN(C(=O)CN=C(C)C(Cl)=C(N)C(F)(F)F)CC2)ccc1Cl. The number of nitrogens with zero attached hydrogens (tertiary/aromatic N) is 2. The molecule has 0 bridgehead atoms. The molecule has 1 saturated heterocycles. The molecule has 1 fully saturated rings. The summed E-state index contributed by atoms with van der Waals surface area (Å²) in [5.41, 5.74) is 10.1. The number of hydrogen-bond acceptors (Lipinski definition) is 5. The number of carbonyl (C=O) groups is 1. The smallest absolute Gasteiger partial charge is 0.432 e. The van der Waals surface area contributed by atoms with Crippen molar-refractivity contribution in [3.05, 3.63) is 39.5 Å². The molecule has 0 saturated carbocycles. The molecule has 0 atom stereocenters. The van der Waals surface area contributed by atoms with Crippen molar-refractivity contribution in [2.75, 3.05) is 26.7 Å². The summed E-state index contributed by atoms with van der Waals surface area (Å²) >= 11 is 11.7. The van der Waals surface area contributed by atoms with Gasteiger partial charge in [0, 0.05) is 18.6 Å². The lowest BCUT2D eigenvalue weighted by molar-refractivity contribution is -0.131. The molecule has 1 aliphatic rings. The predicted octanol–water partition coefficient (Wildman–Crippen LogP) is 3.56. The summed E-state index contributed by atoms with van der Waals surface area (Å²) in [5, 5.41) is -0.240. The van der Waals surface area contributed by atoms with Gasteiger partial charge >= 0.3 is 6.18 Å². The van der Waals surface area contributed by atoms with Crippen LogP contribution in [-0.4, -0.2) is 49.4 Å². The first-order chi connectivity index (χ1) is 13.9. The molecule has 0 aromatic heterocycles. The quantitative estimate of drug-likeness (QED) is 0.648. The average molecular weight is 467 g/mol. The molecule has 2 rings (SSSR count). The number of ether oxygens (including phenoxy) is 1. The molecule has 0 aliphatic carbocycles. The van der Waals surface area contributed by atoms with E-state index < -0.39 is 22.4 Å². The number of alkyl halides is 3. The van der Waals surface area contributed by atoms with Gasteiger partial charge in [-0.25, -0.2) is 0 Å². The van der Waals surface area contributed by atoms with Crippen molar-refractivity contribution >= 4 is 34.8 Å². The highest BCUT2D eigenvalue weighted by Gasteiger charge is 2.35. The molecule has 11 heteroatoms. The van der Waals surface area contributed by atoms with Crippen LogP contribution >= 0.6 is 23.2 Å². The maximum Gasteiger partial charge on any atom is 0.432 e. The van der Waals surface area contributed by atoms with Gasteiger partial charge in [-0.15, -0.1) is 0 Å². The van der Waals surface area contributed by atoms with E-state index in [9.17, 15) is 18.0 Å². The third-order valence-corrected chi connectivity index (χ3v) is 5.83. The molecule has 0 unspecified atom stereocenters. The van der Waals surface area contributed by atoms with Crippen LogP contribution in [0, 0.1) is 0 Å². The van der Waals surface area contributed by atoms with Gasteiger partial charge in [0.1, 0.15) is 18.0 Å². The molecule has 30 heavy (non-hydrogen) atoms. The number of carbonyl (C=O) groups excluding carboxylic acids is 1. The Morgan fingerprint density at radius 1 is 1.33 bits per heavy atom. The number of likely N-dealkylation sites (tertiary alicyclic amines) is 1. The second-order valence-corrected chi connectivity index (χ2v) is 7.80. The number of methoxy groups -OCH3 is 1. The van der Waals surface area contributed by atoms with Gasteiger partial charge < -0.3 is 21.1 Å². The van der Waals surface area contributed by atoms with Gasteiger partial charge in [-0.1, -0.05) is 29.3 Å². The second-order valence-electron chi connectivity index (χ2n) is 7.01. The molecule has 166 valence electrons. The highest BCUT2D eigenvalue weighted by Crippen LogP contribution is 2.35. The zero-order valence-electron chi connectivity index (χ0n) is 16.5. The summed E-state index contributed by atoms with van der Waals surface area (Å²) in [6.07, 6.45) is -3.78. The van der Waals surface area contributed by atoms with E-state index in [1.165, 1.54) is 14.0 Å². The Hall–Kier alpha value is -1.97. The number of piperidine rings is 1. The number of halogens is 5. The topological polar surface area (TPSA) is 93.9 Å². The van der Waals surface area contributed by atoms with Gasteiger partial charge in [0.25, 0.3) is 0 Å². The molecule has 1 aliphatic heterocycles. The summed E-state index contributed by atoms with van der Waals surface area (Å²) < 4.78 is 43.1. The van der Waals surface area contributed by atoms with E-state index in [0.29, 0.717) is 36.7 Å². The van der Waals surface area contributed by atoms with Crippen LogP contribution < -0.4 is 16.2 Å². The van der Waals surface area contributed by atoms with Crippen molar-refractivity contribution in [1.82, 2.24) is 4.90 Å². The van der Waals surface area contributed by atoms with E-state index in [0.717, 1.165) is 5.56 Å². The van der Waals surface area contributed by atoms with Crippen molar-refractivity contribution in [1.29, 1.82) is 0 Å². The first-order valence-corrected chi connectivity index (χ1v) is 9.79. The van der Waals surface area contributed by atoms with Crippen LogP contribution in [0.4, 0.5) is 13.2 Å². The second kappa shape index (κ2) is 9.45. The van der Waals surface area contributed by atoms with Crippen LogP contribution in [0.3, 0.4) is 0 Å². The fraction of sp³-hybridized carbons (Fsp3) is 0.474. The largest absolute Gasteiger partial charge is 0.495 e. The number of amides is 1. The fourth-order valence-electron chi connectivity index (χ4n) is 3.09. The lowest BCUT2D eigenvalue weighted by Gasteiger charge is -2.39. The molecule has 0 radical (unpaired) electrons. The highest BCUT2D eigenvalue weighted by molar-refractivity contribution is 6.43. The van der Waals surface area contributed by atoms with Crippen LogP contribution in [-0.2, 0) is 10.3 Å². The van der Waals surface area contributed by atoms with E-state index in [1.54, 1.807) is 17.0 Å².